The van der Waals surface area contributed by atoms with Gasteiger partial charge in [0.1, 0.15) is 0 Å². The predicted molar refractivity (Wildman–Crippen MR) is 80.4 cm³/mol. The molecule has 2 heteroatoms. The lowest BCUT2D eigenvalue weighted by Crippen LogP contribution is -2.46. The summed E-state index contributed by atoms with van der Waals surface area (Å²) in [6.07, 6.45) is 5.18. The number of fused-ring (bicyclic) bond motifs is 1. The van der Waals surface area contributed by atoms with E-state index in [0.717, 1.165) is 19.6 Å². The Balaban J connectivity index is 1.70. The average Bonchev–Trinajstić information content (AvgIpc) is 2.74. The molecule has 0 amide bonds. The summed E-state index contributed by atoms with van der Waals surface area (Å²) in [5.41, 5.74) is 4.93. The second kappa shape index (κ2) is 5.26. The molecule has 0 spiro atoms. The molecule has 19 heavy (non-hydrogen) atoms. The van der Waals surface area contributed by atoms with Crippen LogP contribution in [-0.4, -0.2) is 30.1 Å². The van der Waals surface area contributed by atoms with Gasteiger partial charge in [0.05, 0.1) is 0 Å². The summed E-state index contributed by atoms with van der Waals surface area (Å²) >= 11 is 0. The topological polar surface area (TPSA) is 15.3 Å². The summed E-state index contributed by atoms with van der Waals surface area (Å²) in [5.74, 6) is 0. The lowest BCUT2D eigenvalue weighted by molar-refractivity contribution is 0.224. The van der Waals surface area contributed by atoms with Gasteiger partial charge in [-0.25, -0.2) is 0 Å². The van der Waals surface area contributed by atoms with Crippen molar-refractivity contribution >= 4 is 0 Å². The SMILES string of the molecule is CC1(C)CN(Cc2ccc3c(c2)CCC3)CCCN1. The fourth-order valence-electron chi connectivity index (χ4n) is 3.54. The van der Waals surface area contributed by atoms with E-state index in [0.29, 0.717) is 0 Å². The van der Waals surface area contributed by atoms with E-state index in [1.165, 1.54) is 37.8 Å². The van der Waals surface area contributed by atoms with Gasteiger partial charge in [0.2, 0.25) is 0 Å². The number of nitrogens with zero attached hydrogens (tertiary/aromatic N) is 1. The molecule has 1 fully saturated rings. The monoisotopic (exact) mass is 258 g/mol. The summed E-state index contributed by atoms with van der Waals surface area (Å²) in [7, 11) is 0. The lowest BCUT2D eigenvalue weighted by atomic mass is 10.0. The Kier molecular flexibility index (Phi) is 3.64. The van der Waals surface area contributed by atoms with Crippen LogP contribution in [0.1, 0.15) is 43.4 Å². The molecule has 0 aromatic heterocycles. The van der Waals surface area contributed by atoms with Crippen LogP contribution in [0, 0.1) is 0 Å². The van der Waals surface area contributed by atoms with E-state index in [-0.39, 0.29) is 5.54 Å². The summed E-state index contributed by atoms with van der Waals surface area (Å²) < 4.78 is 0. The van der Waals surface area contributed by atoms with Crippen molar-refractivity contribution in [2.75, 3.05) is 19.6 Å². The third-order valence-corrected chi connectivity index (χ3v) is 4.44. The standard InChI is InChI=1S/C17H26N2/c1-17(2)13-19(10-4-9-18-17)12-14-7-8-15-5-3-6-16(15)11-14/h7-8,11,18H,3-6,9-10,12-13H2,1-2H3. The Labute approximate surface area is 117 Å². The first kappa shape index (κ1) is 13.1. The second-order valence-electron chi connectivity index (χ2n) is 6.83. The summed E-state index contributed by atoms with van der Waals surface area (Å²) in [6.45, 7) is 9.24. The zero-order chi connectivity index (χ0) is 13.3. The highest BCUT2D eigenvalue weighted by Gasteiger charge is 2.24. The van der Waals surface area contributed by atoms with Crippen LogP contribution < -0.4 is 5.32 Å². The molecular weight excluding hydrogens is 232 g/mol. The molecule has 1 aromatic rings. The van der Waals surface area contributed by atoms with Crippen molar-refractivity contribution < 1.29 is 0 Å². The van der Waals surface area contributed by atoms with Gasteiger partial charge < -0.3 is 5.32 Å². The number of aryl methyl sites for hydroxylation is 2. The van der Waals surface area contributed by atoms with Crippen molar-refractivity contribution in [2.24, 2.45) is 0 Å². The van der Waals surface area contributed by atoms with Crippen LogP contribution in [0.15, 0.2) is 18.2 Å². The number of rotatable bonds is 2. The Morgan fingerprint density at radius 2 is 2.00 bits per heavy atom. The Morgan fingerprint density at radius 3 is 2.89 bits per heavy atom. The van der Waals surface area contributed by atoms with Crippen molar-refractivity contribution in [1.82, 2.24) is 10.2 Å². The maximum Gasteiger partial charge on any atom is 0.0252 e. The van der Waals surface area contributed by atoms with Gasteiger partial charge in [0, 0.05) is 18.6 Å². The van der Waals surface area contributed by atoms with E-state index in [4.69, 9.17) is 0 Å². The normalized spacial score (nSPS) is 23.1. The Morgan fingerprint density at radius 1 is 1.16 bits per heavy atom. The quantitative estimate of drug-likeness (QED) is 0.877. The van der Waals surface area contributed by atoms with Crippen LogP contribution in [0.25, 0.3) is 0 Å². The molecule has 104 valence electrons. The van der Waals surface area contributed by atoms with Crippen LogP contribution in [0.4, 0.5) is 0 Å². The first-order chi connectivity index (χ1) is 9.12. The summed E-state index contributed by atoms with van der Waals surface area (Å²) in [6, 6.07) is 7.15. The fraction of sp³-hybridized carbons (Fsp3) is 0.647. The molecule has 1 N–H and O–H groups in total. The van der Waals surface area contributed by atoms with Crippen molar-refractivity contribution in [3.05, 3.63) is 34.9 Å². The minimum Gasteiger partial charge on any atom is -0.310 e. The first-order valence-electron chi connectivity index (χ1n) is 7.70. The molecule has 1 aliphatic carbocycles. The van der Waals surface area contributed by atoms with Crippen LogP contribution in [0.2, 0.25) is 0 Å². The predicted octanol–water partition coefficient (Wildman–Crippen LogP) is 2.75. The van der Waals surface area contributed by atoms with Crippen molar-refractivity contribution in [1.29, 1.82) is 0 Å². The Hall–Kier alpha value is -0.860. The van der Waals surface area contributed by atoms with Gasteiger partial charge in [0.15, 0.2) is 0 Å². The highest BCUT2D eigenvalue weighted by molar-refractivity contribution is 5.35. The third kappa shape index (κ3) is 3.18. The van der Waals surface area contributed by atoms with Gasteiger partial charge >= 0.3 is 0 Å². The molecule has 0 atom stereocenters. The van der Waals surface area contributed by atoms with E-state index >= 15 is 0 Å². The van der Waals surface area contributed by atoms with E-state index < -0.39 is 0 Å². The zero-order valence-corrected chi connectivity index (χ0v) is 12.3. The maximum absolute atomic E-state index is 3.64. The van der Waals surface area contributed by atoms with Crippen molar-refractivity contribution in [2.45, 2.75) is 51.6 Å². The summed E-state index contributed by atoms with van der Waals surface area (Å²) in [5, 5.41) is 3.64. The van der Waals surface area contributed by atoms with Gasteiger partial charge in [0.25, 0.3) is 0 Å². The van der Waals surface area contributed by atoms with Gasteiger partial charge in [-0.1, -0.05) is 18.2 Å². The number of hydrogen-bond acceptors (Lipinski definition) is 2. The maximum atomic E-state index is 3.64. The number of benzene rings is 1. The van der Waals surface area contributed by atoms with Gasteiger partial charge in [-0.2, -0.15) is 0 Å². The van der Waals surface area contributed by atoms with Crippen molar-refractivity contribution in [3.8, 4) is 0 Å². The number of nitrogens with one attached hydrogen (secondary N) is 1. The summed E-state index contributed by atoms with van der Waals surface area (Å²) in [4.78, 5) is 2.61. The first-order valence-corrected chi connectivity index (χ1v) is 7.70. The molecule has 1 aliphatic heterocycles. The van der Waals surface area contributed by atoms with Crippen LogP contribution in [-0.2, 0) is 19.4 Å². The molecule has 1 saturated heterocycles. The minimum atomic E-state index is 0.243. The molecular formula is C17H26N2. The van der Waals surface area contributed by atoms with Crippen molar-refractivity contribution in [3.63, 3.8) is 0 Å². The van der Waals surface area contributed by atoms with Gasteiger partial charge in [-0.15, -0.1) is 0 Å². The molecule has 1 heterocycles. The number of hydrogen-bond donors (Lipinski definition) is 1. The molecule has 1 aromatic carbocycles. The van der Waals surface area contributed by atoms with Crippen LogP contribution in [0.3, 0.4) is 0 Å². The Bertz CT molecular complexity index is 451. The molecule has 0 bridgehead atoms. The van der Waals surface area contributed by atoms with Gasteiger partial charge in [-0.3, -0.25) is 4.90 Å². The van der Waals surface area contributed by atoms with E-state index in [2.05, 4.69) is 42.3 Å². The molecule has 3 rings (SSSR count). The van der Waals surface area contributed by atoms with E-state index in [1.54, 1.807) is 11.1 Å². The van der Waals surface area contributed by atoms with E-state index in [9.17, 15) is 0 Å². The molecule has 2 aliphatic rings. The van der Waals surface area contributed by atoms with Crippen LogP contribution in [0.5, 0.6) is 0 Å². The lowest BCUT2D eigenvalue weighted by Gasteiger charge is -2.30. The third-order valence-electron chi connectivity index (χ3n) is 4.44. The van der Waals surface area contributed by atoms with Crippen LogP contribution >= 0.6 is 0 Å². The molecule has 0 radical (unpaired) electrons. The smallest absolute Gasteiger partial charge is 0.0252 e. The highest BCUT2D eigenvalue weighted by atomic mass is 15.2. The average molecular weight is 258 g/mol. The molecule has 2 nitrogen and oxygen atoms in total. The van der Waals surface area contributed by atoms with Gasteiger partial charge in [-0.05, 0) is 69.3 Å². The zero-order valence-electron chi connectivity index (χ0n) is 12.3. The molecule has 0 unspecified atom stereocenters. The second-order valence-corrected chi connectivity index (χ2v) is 6.83. The minimum absolute atomic E-state index is 0.243. The molecule has 0 saturated carbocycles. The van der Waals surface area contributed by atoms with E-state index in [1.807, 2.05) is 0 Å². The fourth-order valence-corrected chi connectivity index (χ4v) is 3.54. The largest absolute Gasteiger partial charge is 0.310 e. The highest BCUT2D eigenvalue weighted by Crippen LogP contribution is 2.24.